The molecule has 0 heterocycles. The number of halogens is 1. The number of aliphatic hydroxyl groups excluding tert-OH is 1. The van der Waals surface area contributed by atoms with Crippen molar-refractivity contribution in [2.75, 3.05) is 13.2 Å². The maximum atomic E-state index is 12.9. The molecule has 0 saturated heterocycles. The molecule has 0 spiro atoms. The van der Waals surface area contributed by atoms with E-state index in [4.69, 9.17) is 0 Å². The molecular weight excluding hydrogens is 289 g/mol. The van der Waals surface area contributed by atoms with Crippen molar-refractivity contribution in [1.29, 1.82) is 0 Å². The molecule has 0 aliphatic rings. The molecule has 0 fully saturated rings. The highest BCUT2D eigenvalue weighted by Gasteiger charge is 2.21. The first-order valence-electron chi connectivity index (χ1n) is 8.34. The van der Waals surface area contributed by atoms with Crippen molar-refractivity contribution < 1.29 is 9.50 Å². The van der Waals surface area contributed by atoms with Gasteiger partial charge in [0.2, 0.25) is 0 Å². The molecule has 23 heavy (non-hydrogen) atoms. The quantitative estimate of drug-likeness (QED) is 0.642. The predicted molar refractivity (Wildman–Crippen MR) is 96.5 cm³/mol. The Bertz CT molecular complexity index is 513. The number of hydrogen-bond donors (Lipinski definition) is 2. The molecule has 0 bridgehead atoms. The van der Waals surface area contributed by atoms with Gasteiger partial charge in [0.25, 0.3) is 0 Å². The molecule has 0 aliphatic heterocycles. The van der Waals surface area contributed by atoms with E-state index in [2.05, 4.69) is 32.7 Å². The fraction of sp³-hybridized carbons (Fsp3) is 0.500. The SMILES string of the molecule is C=C(C/C(C)=C\NCC(C)(CCC)CCO)c1ccc(F)cc1. The topological polar surface area (TPSA) is 32.3 Å². The summed E-state index contributed by atoms with van der Waals surface area (Å²) in [6.07, 6.45) is 5.80. The molecule has 1 atom stereocenters. The lowest BCUT2D eigenvalue weighted by atomic mass is 9.82. The van der Waals surface area contributed by atoms with Gasteiger partial charge in [0.05, 0.1) is 0 Å². The minimum atomic E-state index is -0.227. The molecule has 0 amide bonds. The van der Waals surface area contributed by atoms with Crippen LogP contribution in [0.15, 0.2) is 42.6 Å². The van der Waals surface area contributed by atoms with Gasteiger partial charge in [-0.25, -0.2) is 4.39 Å². The zero-order chi connectivity index (χ0) is 17.3. The van der Waals surface area contributed by atoms with Gasteiger partial charge in [0.1, 0.15) is 5.82 Å². The summed E-state index contributed by atoms with van der Waals surface area (Å²) in [6, 6.07) is 6.45. The van der Waals surface area contributed by atoms with E-state index in [0.717, 1.165) is 43.4 Å². The Labute approximate surface area is 140 Å². The first kappa shape index (κ1) is 19.4. The smallest absolute Gasteiger partial charge is 0.123 e. The van der Waals surface area contributed by atoms with Crippen LogP contribution >= 0.6 is 0 Å². The molecule has 0 aromatic heterocycles. The van der Waals surface area contributed by atoms with E-state index in [1.165, 1.54) is 17.7 Å². The molecule has 2 nitrogen and oxygen atoms in total. The van der Waals surface area contributed by atoms with Crippen molar-refractivity contribution in [3.63, 3.8) is 0 Å². The first-order valence-corrected chi connectivity index (χ1v) is 8.34. The van der Waals surface area contributed by atoms with Gasteiger partial charge >= 0.3 is 0 Å². The van der Waals surface area contributed by atoms with Crippen molar-refractivity contribution in [3.05, 3.63) is 54.0 Å². The molecule has 0 aliphatic carbocycles. The second-order valence-electron chi connectivity index (χ2n) is 6.69. The Hall–Kier alpha value is -1.61. The Morgan fingerprint density at radius 2 is 1.96 bits per heavy atom. The first-order chi connectivity index (χ1) is 10.9. The zero-order valence-electron chi connectivity index (χ0n) is 14.7. The Morgan fingerprint density at radius 3 is 2.52 bits per heavy atom. The predicted octanol–water partition coefficient (Wildman–Crippen LogP) is 4.91. The molecule has 0 radical (unpaired) electrons. The van der Waals surface area contributed by atoms with Crippen LogP contribution < -0.4 is 5.32 Å². The number of rotatable bonds is 10. The molecule has 1 unspecified atom stereocenters. The second kappa shape index (κ2) is 9.51. The largest absolute Gasteiger partial charge is 0.396 e. The number of allylic oxidation sites excluding steroid dienone is 2. The molecule has 1 rings (SSSR count). The lowest BCUT2D eigenvalue weighted by Crippen LogP contribution is -2.30. The summed E-state index contributed by atoms with van der Waals surface area (Å²) < 4.78 is 12.9. The van der Waals surface area contributed by atoms with Gasteiger partial charge in [-0.2, -0.15) is 0 Å². The highest BCUT2D eigenvalue weighted by Crippen LogP contribution is 2.26. The number of aliphatic hydroxyl groups is 1. The summed E-state index contributed by atoms with van der Waals surface area (Å²) in [6.45, 7) is 11.6. The van der Waals surface area contributed by atoms with Crippen molar-refractivity contribution >= 4 is 5.57 Å². The molecule has 0 saturated carbocycles. The fourth-order valence-corrected chi connectivity index (χ4v) is 2.82. The lowest BCUT2D eigenvalue weighted by molar-refractivity contribution is 0.184. The van der Waals surface area contributed by atoms with Crippen LogP contribution in [0.4, 0.5) is 4.39 Å². The van der Waals surface area contributed by atoms with Crippen molar-refractivity contribution in [2.45, 2.75) is 46.5 Å². The third-order valence-corrected chi connectivity index (χ3v) is 4.19. The van der Waals surface area contributed by atoms with Gasteiger partial charge in [0, 0.05) is 13.2 Å². The Morgan fingerprint density at radius 1 is 1.30 bits per heavy atom. The summed E-state index contributed by atoms with van der Waals surface area (Å²) in [4.78, 5) is 0. The minimum absolute atomic E-state index is 0.119. The van der Waals surface area contributed by atoms with Crippen LogP contribution in [-0.2, 0) is 0 Å². The number of benzene rings is 1. The zero-order valence-corrected chi connectivity index (χ0v) is 14.7. The van der Waals surface area contributed by atoms with Crippen molar-refractivity contribution in [2.24, 2.45) is 5.41 Å². The third kappa shape index (κ3) is 7.00. The van der Waals surface area contributed by atoms with Gasteiger partial charge in [-0.1, -0.05) is 44.6 Å². The molecule has 128 valence electrons. The number of nitrogens with one attached hydrogen (secondary N) is 1. The maximum Gasteiger partial charge on any atom is 0.123 e. The standard InChI is InChI=1S/C20H30FNO/c1-5-10-20(4,11-12-23)15-22-14-16(2)13-17(3)18-6-8-19(21)9-7-18/h6-9,14,22-23H,3,5,10-13,15H2,1-2,4H3/b16-14-. The van der Waals surface area contributed by atoms with E-state index in [9.17, 15) is 9.50 Å². The summed E-state index contributed by atoms with van der Waals surface area (Å²) in [5.74, 6) is -0.227. The Balaban J connectivity index is 2.53. The lowest BCUT2D eigenvalue weighted by Gasteiger charge is -2.28. The van der Waals surface area contributed by atoms with Gasteiger partial charge in [-0.3, -0.25) is 0 Å². The summed E-state index contributed by atoms with van der Waals surface area (Å²) >= 11 is 0. The number of hydrogen-bond acceptors (Lipinski definition) is 2. The third-order valence-electron chi connectivity index (χ3n) is 4.19. The molecule has 1 aromatic rings. The summed E-state index contributed by atoms with van der Waals surface area (Å²) in [7, 11) is 0. The molecular formula is C20H30FNO. The van der Waals surface area contributed by atoms with Gasteiger partial charge in [-0.15, -0.1) is 0 Å². The average molecular weight is 319 g/mol. The van der Waals surface area contributed by atoms with E-state index >= 15 is 0 Å². The van der Waals surface area contributed by atoms with Crippen LogP contribution in [0.25, 0.3) is 5.57 Å². The van der Waals surface area contributed by atoms with E-state index in [1.807, 2.05) is 6.20 Å². The van der Waals surface area contributed by atoms with Crippen LogP contribution in [0.5, 0.6) is 0 Å². The van der Waals surface area contributed by atoms with Crippen LogP contribution in [0.1, 0.15) is 52.0 Å². The molecule has 2 N–H and O–H groups in total. The van der Waals surface area contributed by atoms with E-state index in [1.54, 1.807) is 12.1 Å². The van der Waals surface area contributed by atoms with Crippen LogP contribution in [0.2, 0.25) is 0 Å². The highest BCUT2D eigenvalue weighted by atomic mass is 19.1. The van der Waals surface area contributed by atoms with Crippen molar-refractivity contribution in [3.8, 4) is 0 Å². The maximum absolute atomic E-state index is 12.9. The van der Waals surface area contributed by atoms with Crippen molar-refractivity contribution in [1.82, 2.24) is 5.32 Å². The molecule has 3 heteroatoms. The summed E-state index contributed by atoms with van der Waals surface area (Å²) in [5.41, 5.74) is 3.25. The normalized spacial score (nSPS) is 14.4. The van der Waals surface area contributed by atoms with Crippen LogP contribution in [-0.4, -0.2) is 18.3 Å². The average Bonchev–Trinajstić information content (AvgIpc) is 2.48. The van der Waals surface area contributed by atoms with Gasteiger partial charge < -0.3 is 10.4 Å². The van der Waals surface area contributed by atoms with E-state index in [0.29, 0.717) is 0 Å². The van der Waals surface area contributed by atoms with Gasteiger partial charge in [0.15, 0.2) is 0 Å². The van der Waals surface area contributed by atoms with E-state index < -0.39 is 0 Å². The van der Waals surface area contributed by atoms with Gasteiger partial charge in [-0.05, 0) is 61.1 Å². The minimum Gasteiger partial charge on any atom is -0.396 e. The van der Waals surface area contributed by atoms with Crippen LogP contribution in [0.3, 0.4) is 0 Å². The van der Waals surface area contributed by atoms with Crippen LogP contribution in [0, 0.1) is 11.2 Å². The highest BCUT2D eigenvalue weighted by molar-refractivity contribution is 5.65. The summed E-state index contributed by atoms with van der Waals surface area (Å²) in [5, 5.41) is 12.6. The molecule has 1 aromatic carbocycles. The Kier molecular flexibility index (Phi) is 8.04. The monoisotopic (exact) mass is 319 g/mol. The second-order valence-corrected chi connectivity index (χ2v) is 6.69. The fourth-order valence-electron chi connectivity index (χ4n) is 2.82. The van der Waals surface area contributed by atoms with E-state index in [-0.39, 0.29) is 17.8 Å².